The van der Waals surface area contributed by atoms with Crippen molar-refractivity contribution >= 4 is 17.1 Å². The number of aromatic hydroxyl groups is 3. The SMILES string of the molecule is CC1=CC(=O)c2c(O)c(O)c(O)c3c2C1=C1O[C@H](C)C(C)(C)[C@@]1(O)C3=O. The summed E-state index contributed by atoms with van der Waals surface area (Å²) >= 11 is 0. The van der Waals surface area contributed by atoms with Gasteiger partial charge in [-0.25, -0.2) is 0 Å². The van der Waals surface area contributed by atoms with Crippen LogP contribution in [0.4, 0.5) is 0 Å². The molecule has 0 aromatic heterocycles. The predicted molar refractivity (Wildman–Crippen MR) is 90.1 cm³/mol. The zero-order chi connectivity index (χ0) is 19.3. The standard InChI is InChI=1S/C19H18O7/c1-6-5-8(20)10-11-9(6)17-19(25,18(3,4)7(2)26-17)16(24)12(11)14(22)15(23)13(10)21/h5,7,21-23,25H,1-4H3/t7-,19-/m1/s1. The molecule has 3 aliphatic rings. The molecule has 136 valence electrons. The van der Waals surface area contributed by atoms with E-state index in [0.717, 1.165) is 0 Å². The van der Waals surface area contributed by atoms with E-state index in [4.69, 9.17) is 4.74 Å². The second kappa shape index (κ2) is 4.48. The molecule has 1 aromatic rings. The number of hydrogen-bond acceptors (Lipinski definition) is 7. The van der Waals surface area contributed by atoms with Crippen molar-refractivity contribution in [1.82, 2.24) is 0 Å². The van der Waals surface area contributed by atoms with Crippen LogP contribution >= 0.6 is 0 Å². The molecular formula is C19H18O7. The smallest absolute Gasteiger partial charge is 0.207 e. The second-order valence-corrected chi connectivity index (χ2v) is 7.59. The van der Waals surface area contributed by atoms with Crippen molar-refractivity contribution in [2.45, 2.75) is 39.4 Å². The van der Waals surface area contributed by atoms with E-state index in [1.807, 2.05) is 0 Å². The third kappa shape index (κ3) is 1.49. The third-order valence-corrected chi connectivity index (χ3v) is 6.02. The molecule has 0 radical (unpaired) electrons. The van der Waals surface area contributed by atoms with Crippen LogP contribution in [0.15, 0.2) is 17.4 Å². The topological polar surface area (TPSA) is 124 Å². The highest BCUT2D eigenvalue weighted by molar-refractivity contribution is 6.24. The number of phenolic OH excluding ortho intramolecular Hbond substituents is 3. The number of ketones is 2. The van der Waals surface area contributed by atoms with Crippen LogP contribution < -0.4 is 0 Å². The summed E-state index contributed by atoms with van der Waals surface area (Å²) in [4.78, 5) is 25.7. The van der Waals surface area contributed by atoms with E-state index in [9.17, 15) is 30.0 Å². The summed E-state index contributed by atoms with van der Waals surface area (Å²) in [5, 5.41) is 42.0. The number of hydrogen-bond donors (Lipinski definition) is 4. The van der Waals surface area contributed by atoms with E-state index in [1.54, 1.807) is 27.7 Å². The van der Waals surface area contributed by atoms with Crippen molar-refractivity contribution < 1.29 is 34.8 Å². The van der Waals surface area contributed by atoms with Crippen LogP contribution in [0.3, 0.4) is 0 Å². The molecular weight excluding hydrogens is 340 g/mol. The number of ether oxygens (including phenoxy) is 1. The lowest BCUT2D eigenvalue weighted by atomic mass is 9.63. The van der Waals surface area contributed by atoms with Gasteiger partial charge >= 0.3 is 0 Å². The normalized spacial score (nSPS) is 28.5. The molecule has 2 atom stereocenters. The Morgan fingerprint density at radius 3 is 2.19 bits per heavy atom. The van der Waals surface area contributed by atoms with Crippen molar-refractivity contribution in [2.24, 2.45) is 5.41 Å². The fourth-order valence-corrected chi connectivity index (χ4v) is 4.07. The van der Waals surface area contributed by atoms with Gasteiger partial charge in [0.1, 0.15) is 11.9 Å². The monoisotopic (exact) mass is 358 g/mol. The number of rotatable bonds is 0. The van der Waals surface area contributed by atoms with Crippen molar-refractivity contribution in [3.63, 3.8) is 0 Å². The minimum absolute atomic E-state index is 0.000472. The molecule has 0 spiro atoms. The van der Waals surface area contributed by atoms with E-state index in [1.165, 1.54) is 6.08 Å². The summed E-state index contributed by atoms with van der Waals surface area (Å²) < 4.78 is 5.85. The number of aliphatic hydroxyl groups is 1. The number of carbonyl (C=O) groups excluding carboxylic acids is 2. The first-order valence-corrected chi connectivity index (χ1v) is 8.19. The van der Waals surface area contributed by atoms with Crippen LogP contribution in [0.25, 0.3) is 5.57 Å². The summed E-state index contributed by atoms with van der Waals surface area (Å²) in [6.45, 7) is 6.66. The Hall–Kier alpha value is -2.80. The third-order valence-electron chi connectivity index (χ3n) is 6.02. The molecule has 26 heavy (non-hydrogen) atoms. The lowest BCUT2D eigenvalue weighted by Crippen LogP contribution is -2.53. The summed E-state index contributed by atoms with van der Waals surface area (Å²) in [5.74, 6) is -4.13. The summed E-state index contributed by atoms with van der Waals surface area (Å²) in [6.07, 6.45) is 0.701. The van der Waals surface area contributed by atoms with E-state index in [2.05, 4.69) is 0 Å². The van der Waals surface area contributed by atoms with Crippen LogP contribution in [0, 0.1) is 5.41 Å². The molecule has 1 heterocycles. The van der Waals surface area contributed by atoms with Gasteiger partial charge in [0.25, 0.3) is 0 Å². The van der Waals surface area contributed by atoms with Crippen molar-refractivity contribution in [3.05, 3.63) is 34.1 Å². The van der Waals surface area contributed by atoms with Crippen LogP contribution in [0.1, 0.15) is 54.0 Å². The highest BCUT2D eigenvalue weighted by Gasteiger charge is 2.66. The highest BCUT2D eigenvalue weighted by Crippen LogP contribution is 2.60. The molecule has 7 heteroatoms. The van der Waals surface area contributed by atoms with Crippen LogP contribution in [-0.2, 0) is 4.74 Å². The van der Waals surface area contributed by atoms with Crippen LogP contribution in [0.5, 0.6) is 17.2 Å². The minimum Gasteiger partial charge on any atom is -0.504 e. The first-order chi connectivity index (χ1) is 12.0. The van der Waals surface area contributed by atoms with Crippen molar-refractivity contribution in [3.8, 4) is 17.2 Å². The second-order valence-electron chi connectivity index (χ2n) is 7.59. The van der Waals surface area contributed by atoms with E-state index >= 15 is 0 Å². The van der Waals surface area contributed by atoms with Gasteiger partial charge in [0.2, 0.25) is 11.5 Å². The Labute approximate surface area is 148 Å². The maximum absolute atomic E-state index is 13.3. The molecule has 7 nitrogen and oxygen atoms in total. The molecule has 4 N–H and O–H groups in total. The van der Waals surface area contributed by atoms with E-state index in [0.29, 0.717) is 5.57 Å². The Bertz CT molecular complexity index is 996. The summed E-state index contributed by atoms with van der Waals surface area (Å²) in [7, 11) is 0. The van der Waals surface area contributed by atoms with Gasteiger partial charge in [-0.3, -0.25) is 9.59 Å². The van der Waals surface area contributed by atoms with Gasteiger partial charge < -0.3 is 25.2 Å². The highest BCUT2D eigenvalue weighted by atomic mass is 16.5. The minimum atomic E-state index is -2.08. The maximum Gasteiger partial charge on any atom is 0.207 e. The van der Waals surface area contributed by atoms with Gasteiger partial charge in [-0.05, 0) is 25.5 Å². The van der Waals surface area contributed by atoms with E-state index in [-0.39, 0.29) is 28.0 Å². The molecule has 1 fully saturated rings. The first-order valence-electron chi connectivity index (χ1n) is 8.19. The first kappa shape index (κ1) is 16.7. The van der Waals surface area contributed by atoms with Gasteiger partial charge in [-0.2, -0.15) is 0 Å². The molecule has 1 aliphatic heterocycles. The Kier molecular flexibility index (Phi) is 2.87. The molecule has 1 saturated heterocycles. The zero-order valence-corrected chi connectivity index (χ0v) is 14.7. The molecule has 0 unspecified atom stereocenters. The van der Waals surface area contributed by atoms with Crippen LogP contribution in [0.2, 0.25) is 0 Å². The number of benzene rings is 1. The zero-order valence-electron chi connectivity index (χ0n) is 14.7. The number of allylic oxidation sites excluding steroid dienone is 3. The fourth-order valence-electron chi connectivity index (χ4n) is 4.07. The molecule has 0 amide bonds. The average Bonchev–Trinajstić information content (AvgIpc) is 2.73. The van der Waals surface area contributed by atoms with Gasteiger partial charge in [0.05, 0.1) is 11.1 Å². The van der Waals surface area contributed by atoms with Gasteiger partial charge in [0.15, 0.2) is 22.9 Å². The van der Waals surface area contributed by atoms with Crippen molar-refractivity contribution in [2.75, 3.05) is 0 Å². The van der Waals surface area contributed by atoms with Gasteiger partial charge in [-0.15, -0.1) is 0 Å². The number of phenols is 3. The predicted octanol–water partition coefficient (Wildman–Crippen LogP) is 2.03. The number of carbonyl (C=O) groups is 2. The quantitative estimate of drug-likeness (QED) is 0.523. The lowest BCUT2D eigenvalue weighted by Gasteiger charge is -2.39. The van der Waals surface area contributed by atoms with Gasteiger partial charge in [-0.1, -0.05) is 13.8 Å². The summed E-state index contributed by atoms with van der Waals surface area (Å²) in [5.41, 5.74) is -3.10. The average molecular weight is 358 g/mol. The fraction of sp³-hybridized carbons (Fsp3) is 0.368. The summed E-state index contributed by atoms with van der Waals surface area (Å²) in [6, 6.07) is 0. The van der Waals surface area contributed by atoms with E-state index < -0.39 is 45.9 Å². The Balaban J connectivity index is 2.25. The van der Waals surface area contributed by atoms with Crippen molar-refractivity contribution in [1.29, 1.82) is 0 Å². The largest absolute Gasteiger partial charge is 0.504 e. The molecule has 2 aliphatic carbocycles. The Morgan fingerprint density at radius 1 is 1.00 bits per heavy atom. The molecule has 1 aromatic carbocycles. The van der Waals surface area contributed by atoms with Crippen LogP contribution in [-0.4, -0.2) is 43.7 Å². The molecule has 4 rings (SSSR count). The molecule has 0 bridgehead atoms. The van der Waals surface area contributed by atoms with Gasteiger partial charge in [0, 0.05) is 16.6 Å². The maximum atomic E-state index is 13.3. The lowest BCUT2D eigenvalue weighted by molar-refractivity contribution is -0.00670. The Morgan fingerprint density at radius 2 is 1.58 bits per heavy atom. The number of Topliss-reactive ketones (excluding diaryl/α,β-unsaturated/α-hetero) is 1. The number of fused-ring (bicyclic) bond motifs is 1. The molecule has 0 saturated carbocycles.